The van der Waals surface area contributed by atoms with Crippen LogP contribution in [0.5, 0.6) is 11.5 Å². The van der Waals surface area contributed by atoms with Crippen LogP contribution in [-0.4, -0.2) is 33.0 Å². The van der Waals surface area contributed by atoms with Gasteiger partial charge < -0.3 is 14.8 Å². The van der Waals surface area contributed by atoms with E-state index in [2.05, 4.69) is 5.32 Å². The van der Waals surface area contributed by atoms with Crippen LogP contribution in [0, 0.1) is 0 Å². The number of ketones is 1. The molecule has 0 saturated carbocycles. The van der Waals surface area contributed by atoms with Crippen molar-refractivity contribution in [1.29, 1.82) is 0 Å². The van der Waals surface area contributed by atoms with Crippen molar-refractivity contribution in [2.45, 2.75) is 18.8 Å². The maximum atomic E-state index is 12.0. The minimum absolute atomic E-state index is 0.0462. The zero-order chi connectivity index (χ0) is 14.0. The van der Waals surface area contributed by atoms with E-state index in [1.807, 2.05) is 0 Å². The molecule has 0 spiro atoms. The molecule has 2 rings (SSSR count). The van der Waals surface area contributed by atoms with Gasteiger partial charge in [0.1, 0.15) is 0 Å². The van der Waals surface area contributed by atoms with E-state index in [9.17, 15) is 9.59 Å². The first kappa shape index (κ1) is 13.4. The fourth-order valence-corrected chi connectivity index (χ4v) is 2.43. The maximum absolute atomic E-state index is 12.0. The number of rotatable bonds is 4. The van der Waals surface area contributed by atoms with Gasteiger partial charge >= 0.3 is 0 Å². The molecule has 102 valence electrons. The van der Waals surface area contributed by atoms with E-state index in [0.29, 0.717) is 29.9 Å². The van der Waals surface area contributed by atoms with Crippen LogP contribution in [0.25, 0.3) is 0 Å². The van der Waals surface area contributed by atoms with Gasteiger partial charge in [-0.25, -0.2) is 0 Å². The monoisotopic (exact) mass is 263 g/mol. The highest BCUT2D eigenvalue weighted by molar-refractivity contribution is 6.02. The predicted octanol–water partition coefficient (Wildman–Crippen LogP) is 1.51. The van der Waals surface area contributed by atoms with Gasteiger partial charge in [0.25, 0.3) is 0 Å². The summed E-state index contributed by atoms with van der Waals surface area (Å²) >= 11 is 0. The van der Waals surface area contributed by atoms with Crippen molar-refractivity contribution in [2.75, 3.05) is 21.3 Å². The average Bonchev–Trinajstić information content (AvgIpc) is 2.73. The molecule has 0 fully saturated rings. The molecule has 19 heavy (non-hydrogen) atoms. The van der Waals surface area contributed by atoms with Gasteiger partial charge in [-0.2, -0.15) is 0 Å². The Bertz CT molecular complexity index is 524. The molecular weight excluding hydrogens is 246 g/mol. The Morgan fingerprint density at radius 1 is 1.32 bits per heavy atom. The lowest BCUT2D eigenvalue weighted by atomic mass is 9.97. The average molecular weight is 263 g/mol. The highest BCUT2D eigenvalue weighted by atomic mass is 16.5. The summed E-state index contributed by atoms with van der Waals surface area (Å²) in [7, 11) is 4.68. The standard InChI is InChI=1S/C14H17NO4/c1-15-14(17)5-8-4-11(16)10-7-13(19-3)12(18-2)6-9(8)10/h6-8H,4-5H2,1-3H3,(H,15,17). The van der Waals surface area contributed by atoms with Crippen LogP contribution in [-0.2, 0) is 4.79 Å². The second-order valence-corrected chi connectivity index (χ2v) is 4.50. The molecule has 0 aliphatic heterocycles. The number of fused-ring (bicyclic) bond motifs is 1. The van der Waals surface area contributed by atoms with Crippen LogP contribution in [0.4, 0.5) is 0 Å². The van der Waals surface area contributed by atoms with Gasteiger partial charge in [0.05, 0.1) is 14.2 Å². The summed E-state index contributed by atoms with van der Waals surface area (Å²) in [6.45, 7) is 0. The zero-order valence-corrected chi connectivity index (χ0v) is 11.3. The Hall–Kier alpha value is -2.04. The van der Waals surface area contributed by atoms with Gasteiger partial charge in [0.15, 0.2) is 17.3 Å². The zero-order valence-electron chi connectivity index (χ0n) is 11.3. The van der Waals surface area contributed by atoms with E-state index < -0.39 is 0 Å². The van der Waals surface area contributed by atoms with Gasteiger partial charge in [-0.15, -0.1) is 0 Å². The third kappa shape index (κ3) is 2.41. The molecule has 0 heterocycles. The third-order valence-electron chi connectivity index (χ3n) is 3.44. The number of carbonyl (C=O) groups is 2. The van der Waals surface area contributed by atoms with Crippen LogP contribution < -0.4 is 14.8 Å². The summed E-state index contributed by atoms with van der Waals surface area (Å²) in [6, 6.07) is 3.49. The van der Waals surface area contributed by atoms with Crippen molar-refractivity contribution in [3.8, 4) is 11.5 Å². The topological polar surface area (TPSA) is 64.6 Å². The van der Waals surface area contributed by atoms with Crippen molar-refractivity contribution < 1.29 is 19.1 Å². The van der Waals surface area contributed by atoms with E-state index in [0.717, 1.165) is 5.56 Å². The predicted molar refractivity (Wildman–Crippen MR) is 69.9 cm³/mol. The lowest BCUT2D eigenvalue weighted by Gasteiger charge is -2.13. The highest BCUT2D eigenvalue weighted by Gasteiger charge is 2.32. The molecule has 1 unspecified atom stereocenters. The second-order valence-electron chi connectivity index (χ2n) is 4.50. The summed E-state index contributed by atoms with van der Waals surface area (Å²) in [6.07, 6.45) is 0.670. The Morgan fingerprint density at radius 2 is 1.95 bits per heavy atom. The quantitative estimate of drug-likeness (QED) is 0.894. The molecule has 1 amide bonds. The number of nitrogens with one attached hydrogen (secondary N) is 1. The molecule has 1 aliphatic rings. The molecule has 0 radical (unpaired) electrons. The number of hydrogen-bond donors (Lipinski definition) is 1. The van der Waals surface area contributed by atoms with E-state index in [4.69, 9.17) is 9.47 Å². The van der Waals surface area contributed by atoms with Gasteiger partial charge in [-0.3, -0.25) is 9.59 Å². The van der Waals surface area contributed by atoms with Crippen molar-refractivity contribution in [1.82, 2.24) is 5.32 Å². The minimum atomic E-state index is -0.0812. The molecule has 5 heteroatoms. The Balaban J connectivity index is 2.40. The van der Waals surface area contributed by atoms with Gasteiger partial charge in [-0.05, 0) is 17.7 Å². The molecule has 1 N–H and O–H groups in total. The minimum Gasteiger partial charge on any atom is -0.493 e. The van der Waals surface area contributed by atoms with Crippen molar-refractivity contribution >= 4 is 11.7 Å². The van der Waals surface area contributed by atoms with Gasteiger partial charge in [-0.1, -0.05) is 0 Å². The summed E-state index contributed by atoms with van der Waals surface area (Å²) in [5.41, 5.74) is 1.50. The first-order chi connectivity index (χ1) is 9.10. The summed E-state index contributed by atoms with van der Waals surface area (Å²) in [5, 5.41) is 2.58. The fourth-order valence-electron chi connectivity index (χ4n) is 2.43. The summed E-state index contributed by atoms with van der Waals surface area (Å²) < 4.78 is 10.4. The molecule has 1 aromatic rings. The number of hydrogen-bond acceptors (Lipinski definition) is 4. The summed E-state index contributed by atoms with van der Waals surface area (Å²) in [5.74, 6) is 1.01. The van der Waals surface area contributed by atoms with E-state index in [-0.39, 0.29) is 17.6 Å². The fraction of sp³-hybridized carbons (Fsp3) is 0.429. The summed E-state index contributed by atoms with van der Waals surface area (Å²) in [4.78, 5) is 23.5. The van der Waals surface area contributed by atoms with E-state index in [1.54, 1.807) is 26.3 Å². The molecule has 1 aliphatic carbocycles. The molecule has 0 bridgehead atoms. The number of methoxy groups -OCH3 is 2. The van der Waals surface area contributed by atoms with Crippen molar-refractivity contribution in [3.05, 3.63) is 23.3 Å². The number of amides is 1. The Morgan fingerprint density at radius 3 is 2.53 bits per heavy atom. The molecule has 0 saturated heterocycles. The van der Waals surface area contributed by atoms with Gasteiger partial charge in [0, 0.05) is 31.4 Å². The van der Waals surface area contributed by atoms with Crippen LogP contribution in [0.1, 0.15) is 34.7 Å². The molecule has 0 aromatic heterocycles. The van der Waals surface area contributed by atoms with Crippen molar-refractivity contribution in [3.63, 3.8) is 0 Å². The number of ether oxygens (including phenoxy) is 2. The largest absolute Gasteiger partial charge is 0.493 e. The van der Waals surface area contributed by atoms with Crippen LogP contribution in [0.15, 0.2) is 12.1 Å². The van der Waals surface area contributed by atoms with Crippen LogP contribution in [0.3, 0.4) is 0 Å². The molecule has 1 aromatic carbocycles. The van der Waals surface area contributed by atoms with Crippen LogP contribution >= 0.6 is 0 Å². The first-order valence-corrected chi connectivity index (χ1v) is 6.10. The Labute approximate surface area is 111 Å². The second kappa shape index (κ2) is 5.30. The number of carbonyl (C=O) groups excluding carboxylic acids is 2. The first-order valence-electron chi connectivity index (χ1n) is 6.10. The molecule has 1 atom stereocenters. The lowest BCUT2D eigenvalue weighted by molar-refractivity contribution is -0.120. The number of Topliss-reactive ketones (excluding diaryl/α,β-unsaturated/α-hetero) is 1. The van der Waals surface area contributed by atoms with Crippen LogP contribution in [0.2, 0.25) is 0 Å². The maximum Gasteiger partial charge on any atom is 0.220 e. The molecule has 5 nitrogen and oxygen atoms in total. The normalized spacial score (nSPS) is 17.0. The van der Waals surface area contributed by atoms with Crippen molar-refractivity contribution in [2.24, 2.45) is 0 Å². The van der Waals surface area contributed by atoms with E-state index >= 15 is 0 Å². The highest BCUT2D eigenvalue weighted by Crippen LogP contribution is 2.41. The lowest BCUT2D eigenvalue weighted by Crippen LogP contribution is -2.19. The molecular formula is C14H17NO4. The van der Waals surface area contributed by atoms with Gasteiger partial charge in [0.2, 0.25) is 5.91 Å². The number of benzene rings is 1. The smallest absolute Gasteiger partial charge is 0.220 e. The van der Waals surface area contributed by atoms with E-state index in [1.165, 1.54) is 7.11 Å². The SMILES string of the molecule is CNC(=O)CC1CC(=O)c2cc(OC)c(OC)cc21. The third-order valence-corrected chi connectivity index (χ3v) is 3.44. The Kier molecular flexibility index (Phi) is 3.74.